The molecule has 6 nitrogen and oxygen atoms in total. The predicted molar refractivity (Wildman–Crippen MR) is 108 cm³/mol. The standard InChI is InChI=1S/C20H23ClN2O4S/c1-4-27-17-10-14(3)18(11-13(17)2)28(25,26)23-9-8-22-20(24)19(23)15-6-5-7-16(21)12-15/h5-7,10-12,19H,4,8-9H2,1-3H3,(H,22,24). The summed E-state index contributed by atoms with van der Waals surface area (Å²) < 4.78 is 33.8. The molecule has 3 rings (SSSR count). The second-order valence-electron chi connectivity index (χ2n) is 6.68. The lowest BCUT2D eigenvalue weighted by Crippen LogP contribution is -2.52. The van der Waals surface area contributed by atoms with E-state index in [9.17, 15) is 13.2 Å². The van der Waals surface area contributed by atoms with Gasteiger partial charge in [-0.2, -0.15) is 4.31 Å². The molecule has 0 aliphatic carbocycles. The molecule has 0 spiro atoms. The first-order chi connectivity index (χ1) is 13.3. The van der Waals surface area contributed by atoms with Gasteiger partial charge in [-0.05, 0) is 61.7 Å². The van der Waals surface area contributed by atoms with Gasteiger partial charge in [-0.3, -0.25) is 4.79 Å². The lowest BCUT2D eigenvalue weighted by molar-refractivity contribution is -0.126. The fourth-order valence-electron chi connectivity index (χ4n) is 3.38. The number of aryl methyl sites for hydroxylation is 2. The Labute approximate surface area is 170 Å². The minimum atomic E-state index is -3.92. The molecule has 0 aromatic heterocycles. The summed E-state index contributed by atoms with van der Waals surface area (Å²) in [6.07, 6.45) is 0. The van der Waals surface area contributed by atoms with E-state index in [1.54, 1.807) is 50.2 Å². The number of halogens is 1. The van der Waals surface area contributed by atoms with Crippen LogP contribution in [0.15, 0.2) is 41.3 Å². The Bertz CT molecular complexity index is 1010. The van der Waals surface area contributed by atoms with Crippen LogP contribution in [0.5, 0.6) is 5.75 Å². The summed E-state index contributed by atoms with van der Waals surface area (Å²) in [4.78, 5) is 12.8. The smallest absolute Gasteiger partial charge is 0.244 e. The van der Waals surface area contributed by atoms with Gasteiger partial charge in [-0.15, -0.1) is 0 Å². The van der Waals surface area contributed by atoms with Gasteiger partial charge in [0.05, 0.1) is 11.5 Å². The summed E-state index contributed by atoms with van der Waals surface area (Å²) in [6.45, 7) is 6.34. The van der Waals surface area contributed by atoms with E-state index in [4.69, 9.17) is 16.3 Å². The minimum Gasteiger partial charge on any atom is -0.494 e. The first kappa shape index (κ1) is 20.6. The van der Waals surface area contributed by atoms with Gasteiger partial charge >= 0.3 is 0 Å². The molecular weight excluding hydrogens is 400 g/mol. The van der Waals surface area contributed by atoms with E-state index in [2.05, 4.69) is 5.32 Å². The molecule has 0 saturated carbocycles. The van der Waals surface area contributed by atoms with Crippen molar-refractivity contribution in [3.8, 4) is 5.75 Å². The number of benzene rings is 2. The van der Waals surface area contributed by atoms with Crippen LogP contribution in [0.2, 0.25) is 5.02 Å². The average molecular weight is 423 g/mol. The maximum Gasteiger partial charge on any atom is 0.244 e. The Hall–Kier alpha value is -2.09. The maximum atomic E-state index is 13.5. The van der Waals surface area contributed by atoms with E-state index in [0.717, 1.165) is 5.56 Å². The lowest BCUT2D eigenvalue weighted by atomic mass is 10.0. The van der Waals surface area contributed by atoms with Crippen LogP contribution >= 0.6 is 11.6 Å². The van der Waals surface area contributed by atoms with Crippen molar-refractivity contribution in [3.05, 3.63) is 58.1 Å². The number of rotatable bonds is 5. The molecule has 8 heteroatoms. The third-order valence-electron chi connectivity index (χ3n) is 4.69. The molecule has 1 atom stereocenters. The monoisotopic (exact) mass is 422 g/mol. The Balaban J connectivity index is 2.08. The second-order valence-corrected chi connectivity index (χ2v) is 8.98. The van der Waals surface area contributed by atoms with Crippen molar-refractivity contribution in [2.24, 2.45) is 0 Å². The number of ether oxygens (including phenoxy) is 1. The average Bonchev–Trinajstić information content (AvgIpc) is 2.64. The van der Waals surface area contributed by atoms with Crippen LogP contribution in [0.25, 0.3) is 0 Å². The van der Waals surface area contributed by atoms with Crippen molar-refractivity contribution in [1.29, 1.82) is 0 Å². The first-order valence-corrected chi connectivity index (χ1v) is 10.9. The van der Waals surface area contributed by atoms with Gasteiger partial charge in [-0.1, -0.05) is 23.7 Å². The molecule has 150 valence electrons. The molecular formula is C20H23ClN2O4S. The van der Waals surface area contributed by atoms with E-state index in [1.807, 2.05) is 6.92 Å². The fourth-order valence-corrected chi connectivity index (χ4v) is 5.45. The number of hydrogen-bond acceptors (Lipinski definition) is 4. The number of carbonyl (C=O) groups excluding carboxylic acids is 1. The van der Waals surface area contributed by atoms with Crippen molar-refractivity contribution >= 4 is 27.5 Å². The number of piperazine rings is 1. The van der Waals surface area contributed by atoms with Gasteiger partial charge < -0.3 is 10.1 Å². The van der Waals surface area contributed by atoms with Crippen LogP contribution in [0.4, 0.5) is 0 Å². The van der Waals surface area contributed by atoms with E-state index in [1.165, 1.54) is 4.31 Å². The SMILES string of the molecule is CCOc1cc(C)c(S(=O)(=O)N2CCNC(=O)C2c2cccc(Cl)c2)cc1C. The van der Waals surface area contributed by atoms with Gasteiger partial charge in [0.1, 0.15) is 11.8 Å². The highest BCUT2D eigenvalue weighted by Gasteiger charge is 2.40. The van der Waals surface area contributed by atoms with Gasteiger partial charge in [0.25, 0.3) is 0 Å². The normalized spacial score (nSPS) is 18.0. The molecule has 1 unspecified atom stereocenters. The van der Waals surface area contributed by atoms with E-state index >= 15 is 0 Å². The highest BCUT2D eigenvalue weighted by Crippen LogP contribution is 2.34. The van der Waals surface area contributed by atoms with Crippen LogP contribution in [0.1, 0.15) is 29.7 Å². The minimum absolute atomic E-state index is 0.176. The van der Waals surface area contributed by atoms with Gasteiger partial charge in [0.2, 0.25) is 15.9 Å². The summed E-state index contributed by atoms with van der Waals surface area (Å²) in [5.41, 5.74) is 1.84. The number of carbonyl (C=O) groups is 1. The highest BCUT2D eigenvalue weighted by molar-refractivity contribution is 7.89. The van der Waals surface area contributed by atoms with E-state index in [0.29, 0.717) is 28.5 Å². The van der Waals surface area contributed by atoms with E-state index in [-0.39, 0.29) is 23.9 Å². The summed E-state index contributed by atoms with van der Waals surface area (Å²) >= 11 is 6.07. The van der Waals surface area contributed by atoms with Crippen LogP contribution in [-0.4, -0.2) is 38.3 Å². The van der Waals surface area contributed by atoms with E-state index < -0.39 is 16.1 Å². The number of nitrogens with one attached hydrogen (secondary N) is 1. The quantitative estimate of drug-likeness (QED) is 0.802. The fraction of sp³-hybridized carbons (Fsp3) is 0.350. The van der Waals surface area contributed by atoms with Crippen LogP contribution in [0, 0.1) is 13.8 Å². The topological polar surface area (TPSA) is 75.7 Å². The van der Waals surface area contributed by atoms with Crippen LogP contribution in [0.3, 0.4) is 0 Å². The molecule has 1 amide bonds. The van der Waals surface area contributed by atoms with Gasteiger partial charge in [-0.25, -0.2) is 8.42 Å². The van der Waals surface area contributed by atoms with Crippen LogP contribution in [-0.2, 0) is 14.8 Å². The molecule has 0 radical (unpaired) electrons. The molecule has 1 aliphatic heterocycles. The van der Waals surface area contributed by atoms with Crippen molar-refractivity contribution in [2.75, 3.05) is 19.7 Å². The Kier molecular flexibility index (Phi) is 5.98. The Morgan fingerprint density at radius 2 is 1.96 bits per heavy atom. The maximum absolute atomic E-state index is 13.5. The third kappa shape index (κ3) is 3.87. The summed E-state index contributed by atoms with van der Waals surface area (Å²) in [7, 11) is -3.92. The molecule has 2 aromatic carbocycles. The molecule has 1 heterocycles. The van der Waals surface area contributed by atoms with Crippen molar-refractivity contribution < 1.29 is 17.9 Å². The molecule has 0 bridgehead atoms. The largest absolute Gasteiger partial charge is 0.494 e. The number of sulfonamides is 1. The van der Waals surface area contributed by atoms with Gasteiger partial charge in [0.15, 0.2) is 0 Å². The highest BCUT2D eigenvalue weighted by atomic mass is 35.5. The predicted octanol–water partition coefficient (Wildman–Crippen LogP) is 3.22. The zero-order valence-electron chi connectivity index (χ0n) is 16.0. The molecule has 1 fully saturated rings. The number of amides is 1. The zero-order chi connectivity index (χ0) is 20.5. The lowest BCUT2D eigenvalue weighted by Gasteiger charge is -2.34. The van der Waals surface area contributed by atoms with Crippen molar-refractivity contribution in [2.45, 2.75) is 31.7 Å². The summed E-state index contributed by atoms with van der Waals surface area (Å²) in [5, 5.41) is 3.19. The first-order valence-electron chi connectivity index (χ1n) is 9.04. The van der Waals surface area contributed by atoms with Gasteiger partial charge in [0, 0.05) is 18.1 Å². The van der Waals surface area contributed by atoms with Crippen LogP contribution < -0.4 is 10.1 Å². The summed E-state index contributed by atoms with van der Waals surface area (Å²) in [5.74, 6) is 0.291. The molecule has 1 saturated heterocycles. The van der Waals surface area contributed by atoms with Crippen molar-refractivity contribution in [3.63, 3.8) is 0 Å². The molecule has 28 heavy (non-hydrogen) atoms. The van der Waals surface area contributed by atoms with Crippen molar-refractivity contribution in [1.82, 2.24) is 9.62 Å². The molecule has 2 aromatic rings. The molecule has 1 N–H and O–H groups in total. The number of nitrogens with zero attached hydrogens (tertiary/aromatic N) is 1. The Morgan fingerprint density at radius 1 is 1.21 bits per heavy atom. The second kappa shape index (κ2) is 8.11. The molecule has 1 aliphatic rings. The summed E-state index contributed by atoms with van der Waals surface area (Å²) in [6, 6.07) is 9.09. The Morgan fingerprint density at radius 3 is 2.64 bits per heavy atom. The third-order valence-corrected chi connectivity index (χ3v) is 6.93. The zero-order valence-corrected chi connectivity index (χ0v) is 17.6. The number of hydrogen-bond donors (Lipinski definition) is 1.